The van der Waals surface area contributed by atoms with Crippen molar-refractivity contribution in [1.82, 2.24) is 16.0 Å². The summed E-state index contributed by atoms with van der Waals surface area (Å²) < 4.78 is 29.0. The first-order chi connectivity index (χ1) is 19.9. The number of anilines is 1. The van der Waals surface area contributed by atoms with Crippen LogP contribution in [0.4, 0.5) is 5.69 Å². The number of esters is 1. The van der Waals surface area contributed by atoms with Gasteiger partial charge in [0.05, 0.1) is 18.8 Å². The molecule has 2 atom stereocenters. The number of amides is 2. The van der Waals surface area contributed by atoms with Crippen LogP contribution in [-0.2, 0) is 32.0 Å². The maximum atomic E-state index is 13.0. The molecule has 11 nitrogen and oxygen atoms in total. The highest BCUT2D eigenvalue weighted by Crippen LogP contribution is 2.29. The van der Waals surface area contributed by atoms with Crippen LogP contribution in [0.25, 0.3) is 10.8 Å². The van der Waals surface area contributed by atoms with E-state index < -0.39 is 29.2 Å². The summed E-state index contributed by atoms with van der Waals surface area (Å²) in [6.07, 6.45) is 1.68. The molecule has 0 bridgehead atoms. The standard InChI is InChI=1S/C29H33N5O6S/c1-2-40-28(37)25(34(41(38)39)24-10-5-8-21-7-3-4-9-23(21)24)19-32-27(36)22-14-11-20(12-15-22)13-16-26(35)33-29-30-17-6-18-31-29/h3-5,7-12,14-15,25H,2,6,13,16-19H2,1H3,(H,32,36)(H,38,39)(H2,30,31,33,35). The van der Waals surface area contributed by atoms with Crippen molar-refractivity contribution in [3.8, 4) is 0 Å². The number of fused-ring (bicyclic) bond motifs is 1. The molecule has 1 heterocycles. The smallest absolute Gasteiger partial charge is 0.331 e. The van der Waals surface area contributed by atoms with Crippen molar-refractivity contribution in [2.24, 2.45) is 4.99 Å². The van der Waals surface area contributed by atoms with Crippen LogP contribution in [0.5, 0.6) is 0 Å². The van der Waals surface area contributed by atoms with Crippen LogP contribution in [0, 0.1) is 0 Å². The Bertz CT molecular complexity index is 1440. The summed E-state index contributed by atoms with van der Waals surface area (Å²) in [7, 11) is 0. The molecule has 4 N–H and O–H groups in total. The normalized spacial score (nSPS) is 14.2. The van der Waals surface area contributed by atoms with Gasteiger partial charge in [-0.1, -0.05) is 48.5 Å². The molecular weight excluding hydrogens is 546 g/mol. The fraction of sp³-hybridized carbons (Fsp3) is 0.310. The van der Waals surface area contributed by atoms with E-state index in [9.17, 15) is 23.1 Å². The lowest BCUT2D eigenvalue weighted by Crippen LogP contribution is -2.50. The third-order valence-electron chi connectivity index (χ3n) is 6.48. The number of guanidine groups is 1. The molecule has 1 aliphatic heterocycles. The first-order valence-corrected chi connectivity index (χ1v) is 14.4. The minimum absolute atomic E-state index is 0.0643. The first-order valence-electron chi connectivity index (χ1n) is 13.4. The van der Waals surface area contributed by atoms with Crippen molar-refractivity contribution >= 4 is 51.5 Å². The van der Waals surface area contributed by atoms with Gasteiger partial charge in [0.15, 0.2) is 12.0 Å². The lowest BCUT2D eigenvalue weighted by molar-refractivity contribution is -0.144. The van der Waals surface area contributed by atoms with E-state index in [4.69, 9.17) is 4.74 Å². The van der Waals surface area contributed by atoms with Crippen LogP contribution in [0.3, 0.4) is 0 Å². The van der Waals surface area contributed by atoms with Crippen LogP contribution in [0.15, 0.2) is 71.7 Å². The summed E-state index contributed by atoms with van der Waals surface area (Å²) in [5.41, 5.74) is 1.57. The van der Waals surface area contributed by atoms with E-state index in [-0.39, 0.29) is 25.5 Å². The van der Waals surface area contributed by atoms with Gasteiger partial charge in [-0.3, -0.25) is 28.8 Å². The fourth-order valence-electron chi connectivity index (χ4n) is 4.44. The number of hydrogen-bond donors (Lipinski definition) is 4. The van der Waals surface area contributed by atoms with Gasteiger partial charge in [-0.2, -0.15) is 0 Å². The Morgan fingerprint density at radius 1 is 1.10 bits per heavy atom. The average molecular weight is 580 g/mol. The van der Waals surface area contributed by atoms with E-state index in [2.05, 4.69) is 20.9 Å². The van der Waals surface area contributed by atoms with Crippen molar-refractivity contribution in [1.29, 1.82) is 0 Å². The molecular formula is C29H33N5O6S. The number of aryl methyl sites for hydroxylation is 1. The number of hydrogen-bond acceptors (Lipinski definition) is 7. The molecule has 3 aromatic rings. The molecule has 0 fully saturated rings. The lowest BCUT2D eigenvalue weighted by Gasteiger charge is -2.29. The minimum Gasteiger partial charge on any atom is -0.464 e. The zero-order valence-electron chi connectivity index (χ0n) is 22.7. The summed E-state index contributed by atoms with van der Waals surface area (Å²) in [5, 5.41) is 9.99. The van der Waals surface area contributed by atoms with Gasteiger partial charge >= 0.3 is 5.97 Å². The second-order valence-corrected chi connectivity index (χ2v) is 10.1. The molecule has 0 radical (unpaired) electrons. The summed E-state index contributed by atoms with van der Waals surface area (Å²) in [5.74, 6) is -0.863. The largest absolute Gasteiger partial charge is 0.464 e. The highest BCUT2D eigenvalue weighted by Gasteiger charge is 2.33. The van der Waals surface area contributed by atoms with Gasteiger partial charge in [0, 0.05) is 30.5 Å². The number of nitrogens with zero attached hydrogens (tertiary/aromatic N) is 2. The van der Waals surface area contributed by atoms with Crippen LogP contribution < -0.4 is 20.3 Å². The number of nitrogens with one attached hydrogen (secondary N) is 3. The molecule has 0 aliphatic carbocycles. The monoisotopic (exact) mass is 579 g/mol. The molecule has 1 aliphatic rings. The molecule has 2 unspecified atom stereocenters. The molecule has 12 heteroatoms. The number of benzene rings is 3. The SMILES string of the molecule is CCOC(=O)C(CNC(=O)c1ccc(CCC(=O)NC2=NCCCN2)cc1)N(c1cccc2ccccc12)S(=O)O. The molecule has 0 spiro atoms. The summed E-state index contributed by atoms with van der Waals surface area (Å²) >= 11 is -2.60. The van der Waals surface area contributed by atoms with Gasteiger partial charge in [0.25, 0.3) is 17.2 Å². The molecule has 0 aromatic heterocycles. The third-order valence-corrected chi connectivity index (χ3v) is 7.27. The van der Waals surface area contributed by atoms with Crippen molar-refractivity contribution < 1.29 is 27.9 Å². The molecule has 3 aromatic carbocycles. The predicted molar refractivity (Wildman–Crippen MR) is 158 cm³/mol. The molecule has 216 valence electrons. The average Bonchev–Trinajstić information content (AvgIpc) is 2.98. The zero-order chi connectivity index (χ0) is 29.2. The third kappa shape index (κ3) is 7.89. The Morgan fingerprint density at radius 2 is 1.85 bits per heavy atom. The van der Waals surface area contributed by atoms with Crippen LogP contribution in [0.1, 0.15) is 35.7 Å². The predicted octanol–water partition coefficient (Wildman–Crippen LogP) is 2.54. The number of carbonyl (C=O) groups is 3. The second-order valence-electron chi connectivity index (χ2n) is 9.29. The summed E-state index contributed by atoms with van der Waals surface area (Å²) in [4.78, 5) is 42.3. The Kier molecular flexibility index (Phi) is 10.4. The highest BCUT2D eigenvalue weighted by molar-refractivity contribution is 7.80. The second kappa shape index (κ2) is 14.4. The Hall–Kier alpha value is -4.29. The number of aliphatic imine (C=N–C) groups is 1. The van der Waals surface area contributed by atoms with Gasteiger partial charge in [-0.25, -0.2) is 9.00 Å². The summed E-state index contributed by atoms with van der Waals surface area (Å²) in [6, 6.07) is 18.0. The van der Waals surface area contributed by atoms with Gasteiger partial charge in [-0.15, -0.1) is 0 Å². The molecule has 0 saturated heterocycles. The highest BCUT2D eigenvalue weighted by atomic mass is 32.2. The van der Waals surface area contributed by atoms with E-state index in [1.807, 2.05) is 18.2 Å². The quantitative estimate of drug-likeness (QED) is 0.201. The van der Waals surface area contributed by atoms with Crippen molar-refractivity contribution in [2.45, 2.75) is 32.2 Å². The Balaban J connectivity index is 1.42. The van der Waals surface area contributed by atoms with E-state index in [0.717, 1.165) is 28.2 Å². The van der Waals surface area contributed by atoms with Gasteiger partial charge in [-0.05, 0) is 48.9 Å². The fourth-order valence-corrected chi connectivity index (χ4v) is 5.15. The maximum absolute atomic E-state index is 13.0. The van der Waals surface area contributed by atoms with Gasteiger partial charge in [0.1, 0.15) is 0 Å². The van der Waals surface area contributed by atoms with Crippen molar-refractivity contribution in [3.05, 3.63) is 77.9 Å². The lowest BCUT2D eigenvalue weighted by atomic mass is 10.1. The van der Waals surface area contributed by atoms with Gasteiger partial charge in [0.2, 0.25) is 5.91 Å². The van der Waals surface area contributed by atoms with E-state index in [0.29, 0.717) is 35.6 Å². The van der Waals surface area contributed by atoms with E-state index in [1.54, 1.807) is 55.5 Å². The number of ether oxygens (including phenoxy) is 1. The van der Waals surface area contributed by atoms with Crippen LogP contribution in [0.2, 0.25) is 0 Å². The number of rotatable bonds is 11. The molecule has 4 rings (SSSR count). The Morgan fingerprint density at radius 3 is 2.56 bits per heavy atom. The maximum Gasteiger partial charge on any atom is 0.331 e. The van der Waals surface area contributed by atoms with Gasteiger partial charge < -0.3 is 15.4 Å². The first kappa shape index (κ1) is 29.7. The zero-order valence-corrected chi connectivity index (χ0v) is 23.5. The van der Waals surface area contributed by atoms with E-state index >= 15 is 0 Å². The van der Waals surface area contributed by atoms with E-state index in [1.165, 1.54) is 0 Å². The summed E-state index contributed by atoms with van der Waals surface area (Å²) in [6.45, 7) is 2.90. The topological polar surface area (TPSA) is 149 Å². The molecule has 2 amide bonds. The van der Waals surface area contributed by atoms with Crippen LogP contribution >= 0.6 is 0 Å². The van der Waals surface area contributed by atoms with Crippen molar-refractivity contribution in [3.63, 3.8) is 0 Å². The molecule has 0 saturated carbocycles. The van der Waals surface area contributed by atoms with Crippen molar-refractivity contribution in [2.75, 3.05) is 30.5 Å². The molecule has 41 heavy (non-hydrogen) atoms. The minimum atomic E-state index is -2.60. The Labute approximate surface area is 240 Å². The number of carbonyl (C=O) groups excluding carboxylic acids is 3. The van der Waals surface area contributed by atoms with Crippen LogP contribution in [-0.4, -0.2) is 64.8 Å².